The summed E-state index contributed by atoms with van der Waals surface area (Å²) in [5, 5.41) is 11.5. The predicted molar refractivity (Wildman–Crippen MR) is 120 cm³/mol. The molecule has 0 unspecified atom stereocenters. The Hall–Kier alpha value is -3.80. The zero-order valence-corrected chi connectivity index (χ0v) is 17.5. The summed E-state index contributed by atoms with van der Waals surface area (Å²) in [4.78, 5) is 28.8. The number of hydrogen-bond acceptors (Lipinski definition) is 5. The molecule has 0 aliphatic rings. The molecule has 2 atom stereocenters. The van der Waals surface area contributed by atoms with Crippen LogP contribution in [0.15, 0.2) is 89.9 Å². The highest BCUT2D eigenvalue weighted by Gasteiger charge is 2.35. The maximum Gasteiger partial charge on any atom is 0.331 e. The second kappa shape index (κ2) is 10.3. The molecule has 0 saturated carbocycles. The van der Waals surface area contributed by atoms with Gasteiger partial charge in [0.25, 0.3) is 0 Å². The minimum Gasteiger partial charge on any atom is -0.467 e. The minimum atomic E-state index is -1.08. The van der Waals surface area contributed by atoms with E-state index in [9.17, 15) is 14.9 Å². The summed E-state index contributed by atoms with van der Waals surface area (Å²) < 4.78 is 5.04. The second-order valence-electron chi connectivity index (χ2n) is 7.16. The van der Waals surface area contributed by atoms with Crippen LogP contribution in [0.1, 0.15) is 28.2 Å². The van der Waals surface area contributed by atoms with Gasteiger partial charge in [0.05, 0.1) is 18.7 Å². The van der Waals surface area contributed by atoms with Crippen LogP contribution in [0.4, 0.5) is 0 Å². The van der Waals surface area contributed by atoms with Crippen molar-refractivity contribution in [3.63, 3.8) is 0 Å². The number of hydrogen-bond donors (Lipinski definition) is 0. The van der Waals surface area contributed by atoms with Crippen LogP contribution in [0.2, 0.25) is 0 Å². The van der Waals surface area contributed by atoms with Crippen LogP contribution in [0, 0.1) is 17.0 Å². The molecular weight excluding hydrogens is 392 g/mol. The zero-order chi connectivity index (χ0) is 22.2. The molecule has 0 spiro atoms. The molecule has 0 radical (unpaired) electrons. The molecule has 3 aromatic rings. The summed E-state index contributed by atoms with van der Waals surface area (Å²) in [6, 6.07) is 25.2. The van der Waals surface area contributed by atoms with Gasteiger partial charge in [0.15, 0.2) is 6.04 Å². The van der Waals surface area contributed by atoms with E-state index in [2.05, 4.69) is 0 Å². The first-order valence-corrected chi connectivity index (χ1v) is 9.95. The van der Waals surface area contributed by atoms with Crippen LogP contribution < -0.4 is 0 Å². The van der Waals surface area contributed by atoms with Crippen molar-refractivity contribution < 1.29 is 14.5 Å². The third-order valence-electron chi connectivity index (χ3n) is 5.12. The number of aryl methyl sites for hydroxylation is 1. The van der Waals surface area contributed by atoms with Gasteiger partial charge in [-0.1, -0.05) is 84.9 Å². The van der Waals surface area contributed by atoms with Crippen LogP contribution in [0.25, 0.3) is 0 Å². The van der Waals surface area contributed by atoms with Crippen LogP contribution in [-0.2, 0) is 9.53 Å². The number of benzene rings is 3. The predicted octanol–water partition coefficient (Wildman–Crippen LogP) is 4.43. The lowest BCUT2D eigenvalue weighted by molar-refractivity contribution is -0.483. The fourth-order valence-electron chi connectivity index (χ4n) is 3.61. The van der Waals surface area contributed by atoms with Crippen molar-refractivity contribution >= 4 is 11.7 Å². The molecule has 6 nitrogen and oxygen atoms in total. The van der Waals surface area contributed by atoms with E-state index in [0.29, 0.717) is 11.3 Å². The second-order valence-corrected chi connectivity index (χ2v) is 7.16. The highest BCUT2D eigenvalue weighted by molar-refractivity contribution is 6.13. The third kappa shape index (κ3) is 5.42. The molecule has 0 bridgehead atoms. The van der Waals surface area contributed by atoms with E-state index in [0.717, 1.165) is 16.7 Å². The molecule has 6 heteroatoms. The van der Waals surface area contributed by atoms with Crippen molar-refractivity contribution in [2.75, 3.05) is 13.7 Å². The largest absolute Gasteiger partial charge is 0.467 e. The number of nitro groups is 1. The molecule has 0 amide bonds. The van der Waals surface area contributed by atoms with Gasteiger partial charge < -0.3 is 4.74 Å². The van der Waals surface area contributed by atoms with Gasteiger partial charge in [-0.3, -0.25) is 15.1 Å². The number of carbonyl (C=O) groups is 1. The van der Waals surface area contributed by atoms with Crippen LogP contribution in [0.5, 0.6) is 0 Å². The summed E-state index contributed by atoms with van der Waals surface area (Å²) in [6.45, 7) is 1.43. The Bertz CT molecular complexity index is 1020. The first kappa shape index (κ1) is 21.9. The maximum atomic E-state index is 12.9. The molecule has 0 saturated heterocycles. The number of carbonyl (C=O) groups excluding carboxylic acids is 1. The van der Waals surface area contributed by atoms with Crippen molar-refractivity contribution in [1.82, 2.24) is 0 Å². The van der Waals surface area contributed by atoms with Crippen molar-refractivity contribution in [1.29, 1.82) is 0 Å². The summed E-state index contributed by atoms with van der Waals surface area (Å²) in [7, 11) is 1.27. The van der Waals surface area contributed by atoms with Gasteiger partial charge in [0, 0.05) is 16.1 Å². The summed E-state index contributed by atoms with van der Waals surface area (Å²) >= 11 is 0. The average molecular weight is 416 g/mol. The number of ether oxygens (including phenoxy) is 1. The maximum absolute atomic E-state index is 12.9. The van der Waals surface area contributed by atoms with E-state index in [1.165, 1.54) is 7.11 Å². The molecule has 0 aliphatic heterocycles. The van der Waals surface area contributed by atoms with Crippen molar-refractivity contribution in [3.05, 3.63) is 117 Å². The molecule has 0 fully saturated rings. The number of nitrogens with zero attached hydrogens (tertiary/aromatic N) is 2. The average Bonchev–Trinajstić information content (AvgIpc) is 2.79. The molecule has 3 rings (SSSR count). The highest BCUT2D eigenvalue weighted by atomic mass is 16.6. The van der Waals surface area contributed by atoms with Gasteiger partial charge in [0.2, 0.25) is 6.54 Å². The van der Waals surface area contributed by atoms with E-state index >= 15 is 0 Å². The van der Waals surface area contributed by atoms with Crippen LogP contribution in [-0.4, -0.2) is 36.3 Å². The molecule has 0 heterocycles. The first-order chi connectivity index (χ1) is 15.0. The van der Waals surface area contributed by atoms with Gasteiger partial charge in [-0.05, 0) is 18.1 Å². The number of rotatable bonds is 8. The lowest BCUT2D eigenvalue weighted by atomic mass is 9.88. The van der Waals surface area contributed by atoms with Crippen molar-refractivity contribution in [2.24, 2.45) is 4.99 Å². The fraction of sp³-hybridized carbons (Fsp3) is 0.200. The normalized spacial score (nSPS) is 12.5. The standard InChI is InChI=1S/C25H24N2O4/c1-18-11-9-10-16-21(18)22(17-27(29)30)24(25(28)31-2)26-23(19-12-5-3-6-13-19)20-14-7-4-8-15-20/h3-16,22,24H,17H2,1-2H3/t22-,24+/m1/s1. The van der Waals surface area contributed by atoms with Crippen LogP contribution in [0.3, 0.4) is 0 Å². The lowest BCUT2D eigenvalue weighted by Gasteiger charge is -2.22. The first-order valence-electron chi connectivity index (χ1n) is 9.95. The topological polar surface area (TPSA) is 81.8 Å². The molecular formula is C25H24N2O4. The Labute approximate surface area is 181 Å². The van der Waals surface area contributed by atoms with E-state index in [4.69, 9.17) is 9.73 Å². The lowest BCUT2D eigenvalue weighted by Crippen LogP contribution is -2.34. The molecule has 0 aromatic heterocycles. The van der Waals surface area contributed by atoms with Crippen molar-refractivity contribution in [2.45, 2.75) is 18.9 Å². The molecule has 3 aromatic carbocycles. The Kier molecular flexibility index (Phi) is 7.27. The minimum absolute atomic E-state index is 0.409. The molecule has 158 valence electrons. The van der Waals surface area contributed by atoms with E-state index in [1.807, 2.05) is 85.8 Å². The third-order valence-corrected chi connectivity index (χ3v) is 5.12. The van der Waals surface area contributed by atoms with Gasteiger partial charge in [-0.15, -0.1) is 0 Å². The van der Waals surface area contributed by atoms with E-state index < -0.39 is 29.4 Å². The van der Waals surface area contributed by atoms with Crippen LogP contribution >= 0.6 is 0 Å². The Morgan fingerprint density at radius 2 is 1.45 bits per heavy atom. The summed E-state index contributed by atoms with van der Waals surface area (Å²) in [5.74, 6) is -1.38. The smallest absolute Gasteiger partial charge is 0.331 e. The summed E-state index contributed by atoms with van der Waals surface area (Å²) in [5.41, 5.74) is 3.77. The monoisotopic (exact) mass is 416 g/mol. The van der Waals surface area contributed by atoms with E-state index in [-0.39, 0.29) is 0 Å². The van der Waals surface area contributed by atoms with Crippen molar-refractivity contribution in [3.8, 4) is 0 Å². The Morgan fingerprint density at radius 3 is 1.94 bits per heavy atom. The van der Waals surface area contributed by atoms with E-state index in [1.54, 1.807) is 6.07 Å². The quantitative estimate of drug-likeness (QED) is 0.235. The SMILES string of the molecule is COC(=O)[C@@H](N=C(c1ccccc1)c1ccccc1)[C@H](C[N+](=O)[O-])c1ccccc1C. The number of esters is 1. The Morgan fingerprint density at radius 1 is 0.935 bits per heavy atom. The number of aliphatic imine (C=N–C) groups is 1. The highest BCUT2D eigenvalue weighted by Crippen LogP contribution is 2.28. The molecule has 0 N–H and O–H groups in total. The molecule has 31 heavy (non-hydrogen) atoms. The van der Waals surface area contributed by atoms with Gasteiger partial charge in [-0.25, -0.2) is 4.79 Å². The fourth-order valence-corrected chi connectivity index (χ4v) is 3.61. The Balaban J connectivity index is 2.21. The van der Waals surface area contributed by atoms with Gasteiger partial charge in [-0.2, -0.15) is 0 Å². The number of methoxy groups -OCH3 is 1. The van der Waals surface area contributed by atoms with Gasteiger partial charge >= 0.3 is 5.97 Å². The van der Waals surface area contributed by atoms with Gasteiger partial charge in [0.1, 0.15) is 0 Å². The summed E-state index contributed by atoms with van der Waals surface area (Å²) in [6.07, 6.45) is 0. The zero-order valence-electron chi connectivity index (χ0n) is 17.5. The molecule has 0 aliphatic carbocycles.